The molecule has 0 saturated heterocycles. The minimum Gasteiger partial charge on any atom is -0.395 e. The molecule has 0 aromatic carbocycles. The minimum absolute atomic E-state index is 0.167. The smallest absolute Gasteiger partial charge is 0.0555 e. The molecule has 0 spiro atoms. The highest BCUT2D eigenvalue weighted by molar-refractivity contribution is 4.42. The largest absolute Gasteiger partial charge is 0.395 e. The lowest BCUT2D eigenvalue weighted by Gasteiger charge is -1.95. The molecule has 0 amide bonds. The molecule has 4 heteroatoms. The van der Waals surface area contributed by atoms with Crippen LogP contribution in [0.3, 0.4) is 0 Å². The summed E-state index contributed by atoms with van der Waals surface area (Å²) in [5.74, 6) is 0. The molecule has 0 aliphatic heterocycles. The van der Waals surface area contributed by atoms with Crippen LogP contribution in [0.5, 0.6) is 0 Å². The number of rotatable bonds is 4. The number of hydrogen-bond acceptors (Lipinski definition) is 4. The molecule has 0 heterocycles. The zero-order chi connectivity index (χ0) is 9.11. The van der Waals surface area contributed by atoms with Crippen LogP contribution in [0.25, 0.3) is 0 Å². The van der Waals surface area contributed by atoms with Gasteiger partial charge in [-0.1, -0.05) is 0 Å². The van der Waals surface area contributed by atoms with Gasteiger partial charge in [-0.05, 0) is 13.8 Å². The molecule has 0 unspecified atom stereocenters. The summed E-state index contributed by atoms with van der Waals surface area (Å²) in [7, 11) is 0. The molecule has 0 aromatic heterocycles. The van der Waals surface area contributed by atoms with Crippen molar-refractivity contribution in [2.75, 3.05) is 26.2 Å². The van der Waals surface area contributed by atoms with Crippen LogP contribution >= 0.6 is 0 Å². The molecule has 0 atom stereocenters. The van der Waals surface area contributed by atoms with Crippen LogP contribution in [0.2, 0.25) is 0 Å². The lowest BCUT2D eigenvalue weighted by molar-refractivity contribution is 0.216. The van der Waals surface area contributed by atoms with Gasteiger partial charge >= 0.3 is 0 Å². The summed E-state index contributed by atoms with van der Waals surface area (Å²) in [5.41, 5.74) is 5.13. The fraction of sp³-hybridized carbons (Fsp3) is 1.00. The summed E-state index contributed by atoms with van der Waals surface area (Å²) < 4.78 is 0. The minimum atomic E-state index is -0.167. The van der Waals surface area contributed by atoms with Crippen LogP contribution in [0.15, 0.2) is 0 Å². The summed E-state index contributed by atoms with van der Waals surface area (Å²) in [6.45, 7) is 5.72. The SMILES string of the molecule is CC(C)O.NCCNCCO. The molecule has 0 aliphatic carbocycles. The summed E-state index contributed by atoms with van der Waals surface area (Å²) >= 11 is 0. The van der Waals surface area contributed by atoms with Crippen LogP contribution in [0.1, 0.15) is 13.8 Å². The zero-order valence-corrected chi connectivity index (χ0v) is 7.38. The lowest BCUT2D eigenvalue weighted by Crippen LogP contribution is -2.24. The van der Waals surface area contributed by atoms with Gasteiger partial charge in [0.05, 0.1) is 6.61 Å². The Labute approximate surface area is 68.4 Å². The third-order valence-corrected chi connectivity index (χ3v) is 0.610. The summed E-state index contributed by atoms with van der Waals surface area (Å²) in [6, 6.07) is 0. The lowest BCUT2D eigenvalue weighted by atomic mass is 10.5. The highest BCUT2D eigenvalue weighted by Crippen LogP contribution is 1.65. The molecule has 0 saturated carbocycles. The quantitative estimate of drug-likeness (QED) is 0.398. The van der Waals surface area contributed by atoms with E-state index in [1.54, 1.807) is 13.8 Å². The predicted molar refractivity (Wildman–Crippen MR) is 46.4 cm³/mol. The van der Waals surface area contributed by atoms with Crippen molar-refractivity contribution in [2.45, 2.75) is 20.0 Å². The second-order valence-corrected chi connectivity index (χ2v) is 2.36. The van der Waals surface area contributed by atoms with E-state index in [1.807, 2.05) is 0 Å². The Morgan fingerprint density at radius 2 is 1.82 bits per heavy atom. The molecule has 0 aliphatic rings. The average molecular weight is 164 g/mol. The molecule has 0 radical (unpaired) electrons. The first-order valence-electron chi connectivity index (χ1n) is 3.84. The third-order valence-electron chi connectivity index (χ3n) is 0.610. The normalized spacial score (nSPS) is 9.27. The number of nitrogens with two attached hydrogens (primary N) is 1. The predicted octanol–water partition coefficient (Wildman–Crippen LogP) is -1.09. The van der Waals surface area contributed by atoms with Gasteiger partial charge in [0.25, 0.3) is 0 Å². The number of aliphatic hydroxyl groups is 2. The molecule has 5 N–H and O–H groups in total. The van der Waals surface area contributed by atoms with Gasteiger partial charge in [0.1, 0.15) is 0 Å². The van der Waals surface area contributed by atoms with Gasteiger partial charge in [-0.3, -0.25) is 0 Å². The third kappa shape index (κ3) is 41.0. The van der Waals surface area contributed by atoms with Crippen molar-refractivity contribution >= 4 is 0 Å². The number of nitrogens with one attached hydrogen (secondary N) is 1. The first-order chi connectivity index (χ1) is 5.15. The van der Waals surface area contributed by atoms with Crippen LogP contribution in [-0.2, 0) is 0 Å². The van der Waals surface area contributed by atoms with Crippen molar-refractivity contribution in [1.82, 2.24) is 5.32 Å². The molecular formula is C7H20N2O2. The van der Waals surface area contributed by atoms with Gasteiger partial charge in [0.2, 0.25) is 0 Å². The Morgan fingerprint density at radius 1 is 1.36 bits per heavy atom. The van der Waals surface area contributed by atoms with E-state index in [0.717, 1.165) is 6.54 Å². The topological polar surface area (TPSA) is 78.5 Å². The van der Waals surface area contributed by atoms with Gasteiger partial charge in [-0.25, -0.2) is 0 Å². The second kappa shape index (κ2) is 12.5. The fourth-order valence-corrected chi connectivity index (χ4v) is 0.306. The highest BCUT2D eigenvalue weighted by atomic mass is 16.3. The van der Waals surface area contributed by atoms with Gasteiger partial charge in [-0.15, -0.1) is 0 Å². The second-order valence-electron chi connectivity index (χ2n) is 2.36. The van der Waals surface area contributed by atoms with Crippen LogP contribution in [0.4, 0.5) is 0 Å². The van der Waals surface area contributed by atoms with Crippen molar-refractivity contribution < 1.29 is 10.2 Å². The van der Waals surface area contributed by atoms with E-state index in [-0.39, 0.29) is 12.7 Å². The van der Waals surface area contributed by atoms with Gasteiger partial charge in [-0.2, -0.15) is 0 Å². The van der Waals surface area contributed by atoms with Crippen LogP contribution < -0.4 is 11.1 Å². The Hall–Kier alpha value is -0.160. The van der Waals surface area contributed by atoms with Gasteiger partial charge in [0.15, 0.2) is 0 Å². The Bertz CT molecular complexity index is 53.6. The zero-order valence-electron chi connectivity index (χ0n) is 7.38. The highest BCUT2D eigenvalue weighted by Gasteiger charge is 1.77. The van der Waals surface area contributed by atoms with E-state index in [4.69, 9.17) is 15.9 Å². The summed E-state index contributed by atoms with van der Waals surface area (Å²) in [5, 5.41) is 19.2. The molecule has 0 aromatic rings. The van der Waals surface area contributed by atoms with Crippen molar-refractivity contribution in [3.8, 4) is 0 Å². The standard InChI is InChI=1S/C4H12N2O.C3H8O/c5-1-2-6-3-4-7;1-3(2)4/h6-7H,1-5H2;3-4H,1-2H3. The van der Waals surface area contributed by atoms with Crippen molar-refractivity contribution in [3.63, 3.8) is 0 Å². The van der Waals surface area contributed by atoms with E-state index >= 15 is 0 Å². The average Bonchev–Trinajstić information content (AvgIpc) is 1.88. The maximum atomic E-state index is 8.19. The molecule has 4 nitrogen and oxygen atoms in total. The van der Waals surface area contributed by atoms with E-state index < -0.39 is 0 Å². The van der Waals surface area contributed by atoms with Crippen molar-refractivity contribution in [1.29, 1.82) is 0 Å². The van der Waals surface area contributed by atoms with E-state index in [1.165, 1.54) is 0 Å². The summed E-state index contributed by atoms with van der Waals surface area (Å²) in [4.78, 5) is 0. The maximum Gasteiger partial charge on any atom is 0.0555 e. The maximum absolute atomic E-state index is 8.19. The van der Waals surface area contributed by atoms with E-state index in [2.05, 4.69) is 5.32 Å². The molecular weight excluding hydrogens is 144 g/mol. The molecule has 0 bridgehead atoms. The van der Waals surface area contributed by atoms with Crippen LogP contribution in [0, 0.1) is 0 Å². The van der Waals surface area contributed by atoms with E-state index in [0.29, 0.717) is 13.1 Å². The molecule has 11 heavy (non-hydrogen) atoms. The monoisotopic (exact) mass is 164 g/mol. The summed E-state index contributed by atoms with van der Waals surface area (Å²) in [6.07, 6.45) is -0.167. The Morgan fingerprint density at radius 3 is 2.09 bits per heavy atom. The van der Waals surface area contributed by atoms with Crippen molar-refractivity contribution in [2.24, 2.45) is 5.73 Å². The first-order valence-corrected chi connectivity index (χ1v) is 3.84. The first kappa shape index (κ1) is 13.4. The molecule has 0 fully saturated rings. The Kier molecular flexibility index (Phi) is 15.3. The fourth-order valence-electron chi connectivity index (χ4n) is 0.306. The number of aliphatic hydroxyl groups excluding tert-OH is 2. The van der Waals surface area contributed by atoms with Gasteiger partial charge < -0.3 is 21.3 Å². The van der Waals surface area contributed by atoms with Crippen molar-refractivity contribution in [3.05, 3.63) is 0 Å². The Balaban J connectivity index is 0. The molecule has 0 rings (SSSR count). The molecule has 70 valence electrons. The number of hydrogen-bond donors (Lipinski definition) is 4. The van der Waals surface area contributed by atoms with E-state index in [9.17, 15) is 0 Å². The van der Waals surface area contributed by atoms with Gasteiger partial charge in [0, 0.05) is 25.7 Å². The van der Waals surface area contributed by atoms with Crippen LogP contribution in [-0.4, -0.2) is 42.6 Å².